The second-order valence-corrected chi connectivity index (χ2v) is 6.54. The van der Waals surface area contributed by atoms with Crippen LogP contribution in [0.15, 0.2) is 43.0 Å². The third-order valence-corrected chi connectivity index (χ3v) is 4.58. The summed E-state index contributed by atoms with van der Waals surface area (Å²) in [5.74, 6) is -0.209. The molecule has 1 N–H and O–H groups in total. The van der Waals surface area contributed by atoms with Crippen LogP contribution in [0.3, 0.4) is 0 Å². The number of aromatic nitrogens is 2. The highest BCUT2D eigenvalue weighted by Gasteiger charge is 2.35. The monoisotopic (exact) mass is 392 g/mol. The van der Waals surface area contributed by atoms with Crippen molar-refractivity contribution in [3.8, 4) is 5.75 Å². The number of imidazole rings is 1. The number of rotatable bonds is 9. The van der Waals surface area contributed by atoms with E-state index in [0.29, 0.717) is 19.4 Å². The highest BCUT2D eigenvalue weighted by Crippen LogP contribution is 2.23. The molecular formula is C19H22F2N4O3. The number of nitrogens with zero attached hydrogens (tertiary/aromatic N) is 3. The van der Waals surface area contributed by atoms with Gasteiger partial charge in [-0.1, -0.05) is 12.1 Å². The molecule has 0 saturated carbocycles. The standard InChI is InChI=1S/C19H22F2N4O3/c20-19(21)28-15-4-2-14(3-5-15)12-25-16(6-7-17(25)26)18(27)23-8-1-10-24-11-9-22-13-24/h2-5,9,11,13,16,19H,1,6-8,10,12H2,(H,23,27)/t16-/m1/s1. The maximum absolute atomic E-state index is 12.5. The number of carbonyl (C=O) groups is 2. The molecule has 1 aliphatic rings. The van der Waals surface area contributed by atoms with E-state index in [0.717, 1.165) is 18.5 Å². The molecule has 1 atom stereocenters. The average Bonchev–Trinajstić information content (AvgIpc) is 3.30. The number of amides is 2. The first-order valence-electron chi connectivity index (χ1n) is 9.09. The van der Waals surface area contributed by atoms with Crippen molar-refractivity contribution in [3.05, 3.63) is 48.5 Å². The minimum atomic E-state index is -2.88. The van der Waals surface area contributed by atoms with Gasteiger partial charge in [0.25, 0.3) is 0 Å². The molecule has 2 aromatic rings. The van der Waals surface area contributed by atoms with E-state index >= 15 is 0 Å². The molecule has 2 heterocycles. The molecule has 1 fully saturated rings. The Morgan fingerprint density at radius 1 is 1.32 bits per heavy atom. The first-order chi connectivity index (χ1) is 13.5. The lowest BCUT2D eigenvalue weighted by atomic mass is 10.1. The smallest absolute Gasteiger partial charge is 0.387 e. The van der Waals surface area contributed by atoms with Gasteiger partial charge in [0.15, 0.2) is 0 Å². The van der Waals surface area contributed by atoms with Gasteiger partial charge in [-0.15, -0.1) is 0 Å². The molecule has 150 valence electrons. The van der Waals surface area contributed by atoms with E-state index in [1.54, 1.807) is 24.7 Å². The molecule has 1 aliphatic heterocycles. The lowest BCUT2D eigenvalue weighted by Gasteiger charge is -2.24. The van der Waals surface area contributed by atoms with Crippen LogP contribution in [0, 0.1) is 0 Å². The maximum atomic E-state index is 12.5. The number of nitrogens with one attached hydrogen (secondary N) is 1. The number of aryl methyl sites for hydroxylation is 1. The fraction of sp³-hybridized carbons (Fsp3) is 0.421. The predicted octanol–water partition coefficient (Wildman–Crippen LogP) is 2.18. The van der Waals surface area contributed by atoms with Crippen molar-refractivity contribution >= 4 is 11.8 Å². The SMILES string of the molecule is O=C(NCCCn1ccnc1)[C@H]1CCC(=O)N1Cc1ccc(OC(F)F)cc1. The Kier molecular flexibility index (Phi) is 6.57. The normalized spacial score (nSPS) is 16.6. The fourth-order valence-electron chi connectivity index (χ4n) is 3.19. The lowest BCUT2D eigenvalue weighted by Crippen LogP contribution is -2.44. The van der Waals surface area contributed by atoms with Crippen LogP contribution in [-0.4, -0.2) is 45.5 Å². The first-order valence-corrected chi connectivity index (χ1v) is 9.09. The van der Waals surface area contributed by atoms with Crippen LogP contribution in [0.1, 0.15) is 24.8 Å². The molecule has 1 aromatic heterocycles. The number of halogens is 2. The van der Waals surface area contributed by atoms with Crippen molar-refractivity contribution < 1.29 is 23.1 Å². The molecule has 0 radical (unpaired) electrons. The zero-order valence-corrected chi connectivity index (χ0v) is 15.3. The zero-order chi connectivity index (χ0) is 19.9. The van der Waals surface area contributed by atoms with Gasteiger partial charge in [-0.3, -0.25) is 9.59 Å². The van der Waals surface area contributed by atoms with Crippen molar-refractivity contribution in [1.29, 1.82) is 0 Å². The quantitative estimate of drug-likeness (QED) is 0.664. The van der Waals surface area contributed by atoms with E-state index in [1.165, 1.54) is 17.0 Å². The van der Waals surface area contributed by atoms with Gasteiger partial charge in [-0.2, -0.15) is 8.78 Å². The molecular weight excluding hydrogens is 370 g/mol. The molecule has 0 spiro atoms. The number of hydrogen-bond donors (Lipinski definition) is 1. The van der Waals surface area contributed by atoms with Crippen LogP contribution in [0.5, 0.6) is 5.75 Å². The van der Waals surface area contributed by atoms with E-state index in [1.807, 2.05) is 10.8 Å². The summed E-state index contributed by atoms with van der Waals surface area (Å²) in [5.41, 5.74) is 0.745. The first kappa shape index (κ1) is 19.8. The summed E-state index contributed by atoms with van der Waals surface area (Å²) in [6.45, 7) is -1.37. The van der Waals surface area contributed by atoms with E-state index < -0.39 is 12.7 Å². The Labute approximate surface area is 161 Å². The number of ether oxygens (including phenoxy) is 1. The third kappa shape index (κ3) is 5.28. The molecule has 3 rings (SSSR count). The van der Waals surface area contributed by atoms with Crippen LogP contribution in [0.4, 0.5) is 8.78 Å². The van der Waals surface area contributed by atoms with Crippen LogP contribution in [0.25, 0.3) is 0 Å². The van der Waals surface area contributed by atoms with Crippen molar-refractivity contribution in [3.63, 3.8) is 0 Å². The van der Waals surface area contributed by atoms with Crippen molar-refractivity contribution in [1.82, 2.24) is 19.8 Å². The Balaban J connectivity index is 1.51. The Morgan fingerprint density at radius 2 is 2.11 bits per heavy atom. The van der Waals surface area contributed by atoms with Gasteiger partial charge in [0.2, 0.25) is 11.8 Å². The summed E-state index contributed by atoms with van der Waals surface area (Å²) >= 11 is 0. The molecule has 0 bridgehead atoms. The zero-order valence-electron chi connectivity index (χ0n) is 15.3. The second kappa shape index (κ2) is 9.29. The van der Waals surface area contributed by atoms with Gasteiger partial charge < -0.3 is 19.5 Å². The minimum Gasteiger partial charge on any atom is -0.435 e. The average molecular weight is 392 g/mol. The van der Waals surface area contributed by atoms with E-state index in [9.17, 15) is 18.4 Å². The minimum absolute atomic E-state index is 0.0543. The van der Waals surface area contributed by atoms with Crippen LogP contribution < -0.4 is 10.1 Å². The molecule has 0 aliphatic carbocycles. The van der Waals surface area contributed by atoms with Crippen LogP contribution in [0.2, 0.25) is 0 Å². The van der Waals surface area contributed by atoms with Gasteiger partial charge in [0.05, 0.1) is 6.33 Å². The Bertz CT molecular complexity index is 781. The van der Waals surface area contributed by atoms with Crippen LogP contribution in [-0.2, 0) is 22.7 Å². The second-order valence-electron chi connectivity index (χ2n) is 6.54. The molecule has 2 amide bonds. The Morgan fingerprint density at radius 3 is 2.79 bits per heavy atom. The topological polar surface area (TPSA) is 76.5 Å². The third-order valence-electron chi connectivity index (χ3n) is 4.58. The molecule has 28 heavy (non-hydrogen) atoms. The van der Waals surface area contributed by atoms with Gasteiger partial charge in [0, 0.05) is 38.4 Å². The molecule has 7 nitrogen and oxygen atoms in total. The molecule has 1 saturated heterocycles. The fourth-order valence-corrected chi connectivity index (χ4v) is 3.19. The highest BCUT2D eigenvalue weighted by molar-refractivity contribution is 5.90. The number of likely N-dealkylation sites (tertiary alicyclic amines) is 1. The number of alkyl halides is 2. The van der Waals surface area contributed by atoms with E-state index in [4.69, 9.17) is 0 Å². The molecule has 9 heteroatoms. The van der Waals surface area contributed by atoms with Gasteiger partial charge in [0.1, 0.15) is 11.8 Å². The summed E-state index contributed by atoms with van der Waals surface area (Å²) in [7, 11) is 0. The van der Waals surface area contributed by atoms with Crippen molar-refractivity contribution in [2.24, 2.45) is 0 Å². The summed E-state index contributed by atoms with van der Waals surface area (Å²) in [5, 5.41) is 2.88. The lowest BCUT2D eigenvalue weighted by molar-refractivity contribution is -0.135. The summed E-state index contributed by atoms with van der Waals surface area (Å²) in [6.07, 6.45) is 6.83. The van der Waals surface area contributed by atoms with Crippen molar-refractivity contribution in [2.75, 3.05) is 6.54 Å². The number of benzene rings is 1. The van der Waals surface area contributed by atoms with Crippen LogP contribution >= 0.6 is 0 Å². The summed E-state index contributed by atoms with van der Waals surface area (Å²) < 4.78 is 30.7. The summed E-state index contributed by atoms with van der Waals surface area (Å²) in [6, 6.07) is 5.56. The van der Waals surface area contributed by atoms with E-state index in [2.05, 4.69) is 15.0 Å². The predicted molar refractivity (Wildman–Crippen MR) is 96.5 cm³/mol. The largest absolute Gasteiger partial charge is 0.435 e. The maximum Gasteiger partial charge on any atom is 0.387 e. The van der Waals surface area contributed by atoms with Crippen molar-refractivity contribution in [2.45, 2.75) is 45.0 Å². The summed E-state index contributed by atoms with van der Waals surface area (Å²) in [4.78, 5) is 30.2. The van der Waals surface area contributed by atoms with Gasteiger partial charge in [-0.25, -0.2) is 4.98 Å². The van der Waals surface area contributed by atoms with Gasteiger partial charge in [-0.05, 0) is 30.5 Å². The Hall–Kier alpha value is -2.97. The number of carbonyl (C=O) groups excluding carboxylic acids is 2. The highest BCUT2D eigenvalue weighted by atomic mass is 19.3. The molecule has 0 unspecified atom stereocenters. The van der Waals surface area contributed by atoms with E-state index in [-0.39, 0.29) is 24.1 Å². The van der Waals surface area contributed by atoms with Gasteiger partial charge >= 0.3 is 6.61 Å². The molecule has 1 aromatic carbocycles. The number of hydrogen-bond acceptors (Lipinski definition) is 4.